The molecule has 5 heteroatoms. The number of aryl methyl sites for hydroxylation is 2. The molecule has 0 saturated heterocycles. The van der Waals surface area contributed by atoms with Crippen LogP contribution in [0.5, 0.6) is 0 Å². The summed E-state index contributed by atoms with van der Waals surface area (Å²) in [5.41, 5.74) is 3.58. The van der Waals surface area contributed by atoms with Gasteiger partial charge in [-0.15, -0.1) is 11.3 Å². The molecule has 0 aliphatic rings. The lowest BCUT2D eigenvalue weighted by Gasteiger charge is -2.11. The van der Waals surface area contributed by atoms with E-state index in [-0.39, 0.29) is 0 Å². The summed E-state index contributed by atoms with van der Waals surface area (Å²) in [4.78, 5) is 8.77. The molecule has 1 heterocycles. The molecule has 0 atom stereocenters. The fourth-order valence-corrected chi connectivity index (χ4v) is 2.62. The van der Waals surface area contributed by atoms with Crippen LogP contribution in [-0.2, 0) is 19.5 Å². The van der Waals surface area contributed by atoms with Gasteiger partial charge in [-0.2, -0.15) is 0 Å². The summed E-state index contributed by atoms with van der Waals surface area (Å²) in [6.07, 6.45) is 0.991. The Balaban J connectivity index is 1.81. The number of aliphatic imine (C=N–C) groups is 1. The highest BCUT2D eigenvalue weighted by atomic mass is 32.1. The van der Waals surface area contributed by atoms with E-state index in [1.807, 2.05) is 0 Å². The monoisotopic (exact) mass is 302 g/mol. The number of hydrogen-bond donors (Lipinski definition) is 2. The molecule has 0 amide bonds. The van der Waals surface area contributed by atoms with Gasteiger partial charge in [0.25, 0.3) is 0 Å². The van der Waals surface area contributed by atoms with Gasteiger partial charge in [0.05, 0.1) is 17.2 Å². The van der Waals surface area contributed by atoms with E-state index in [2.05, 4.69) is 64.1 Å². The molecule has 1 aromatic heterocycles. The lowest BCUT2D eigenvalue weighted by molar-refractivity contribution is 0.795. The largest absolute Gasteiger partial charge is 0.352 e. The first-order valence-corrected chi connectivity index (χ1v) is 8.02. The summed E-state index contributed by atoms with van der Waals surface area (Å²) >= 11 is 1.71. The van der Waals surface area contributed by atoms with Crippen LogP contribution in [0.2, 0.25) is 0 Å². The Morgan fingerprint density at radius 2 is 1.90 bits per heavy atom. The smallest absolute Gasteiger partial charge is 0.191 e. The van der Waals surface area contributed by atoms with Crippen LogP contribution < -0.4 is 10.6 Å². The number of hydrogen-bond acceptors (Lipinski definition) is 3. The molecular formula is C16H22N4S. The molecule has 0 bridgehead atoms. The third-order valence-corrected chi connectivity index (χ3v) is 4.18. The zero-order chi connectivity index (χ0) is 15.1. The molecule has 4 nitrogen and oxygen atoms in total. The molecule has 112 valence electrons. The SMILES string of the molecule is CCc1nc(CNC(=NC)NCc2ccc(C)cc2)cs1. The van der Waals surface area contributed by atoms with Crippen molar-refractivity contribution in [2.75, 3.05) is 7.05 Å². The molecule has 0 unspecified atom stereocenters. The third-order valence-electron chi connectivity index (χ3n) is 3.14. The van der Waals surface area contributed by atoms with Crippen LogP contribution in [0.1, 0.15) is 28.8 Å². The maximum absolute atomic E-state index is 4.54. The predicted octanol–water partition coefficient (Wildman–Crippen LogP) is 2.88. The Morgan fingerprint density at radius 1 is 1.19 bits per heavy atom. The Hall–Kier alpha value is -1.88. The van der Waals surface area contributed by atoms with Crippen molar-refractivity contribution in [3.05, 3.63) is 51.5 Å². The molecule has 0 aliphatic carbocycles. The summed E-state index contributed by atoms with van der Waals surface area (Å²) in [6.45, 7) is 5.68. The van der Waals surface area contributed by atoms with Gasteiger partial charge in [0.15, 0.2) is 5.96 Å². The summed E-state index contributed by atoms with van der Waals surface area (Å²) in [7, 11) is 1.78. The van der Waals surface area contributed by atoms with Crippen molar-refractivity contribution in [1.82, 2.24) is 15.6 Å². The molecular weight excluding hydrogens is 280 g/mol. The number of nitrogens with one attached hydrogen (secondary N) is 2. The molecule has 0 radical (unpaired) electrons. The van der Waals surface area contributed by atoms with E-state index in [9.17, 15) is 0 Å². The van der Waals surface area contributed by atoms with Crippen LogP contribution in [0, 0.1) is 6.92 Å². The van der Waals surface area contributed by atoms with Gasteiger partial charge in [-0.3, -0.25) is 4.99 Å². The summed E-state index contributed by atoms with van der Waals surface area (Å²) in [5, 5.41) is 9.87. The van der Waals surface area contributed by atoms with E-state index >= 15 is 0 Å². The maximum Gasteiger partial charge on any atom is 0.191 e. The van der Waals surface area contributed by atoms with Gasteiger partial charge < -0.3 is 10.6 Å². The summed E-state index contributed by atoms with van der Waals surface area (Å²) in [5.74, 6) is 0.793. The zero-order valence-corrected chi connectivity index (χ0v) is 13.6. The second-order valence-electron chi connectivity index (χ2n) is 4.85. The van der Waals surface area contributed by atoms with Gasteiger partial charge in [0.2, 0.25) is 0 Å². The molecule has 0 aliphatic heterocycles. The number of rotatable bonds is 5. The van der Waals surface area contributed by atoms with Crippen molar-refractivity contribution in [3.63, 3.8) is 0 Å². The van der Waals surface area contributed by atoms with Gasteiger partial charge in [0.1, 0.15) is 0 Å². The number of guanidine groups is 1. The number of benzene rings is 1. The first-order chi connectivity index (χ1) is 10.2. The van der Waals surface area contributed by atoms with Crippen molar-refractivity contribution in [1.29, 1.82) is 0 Å². The summed E-state index contributed by atoms with van der Waals surface area (Å²) in [6, 6.07) is 8.50. The highest BCUT2D eigenvalue weighted by Gasteiger charge is 2.02. The maximum atomic E-state index is 4.54. The number of nitrogens with zero attached hydrogens (tertiary/aromatic N) is 2. The molecule has 0 spiro atoms. The molecule has 2 rings (SSSR count). The van der Waals surface area contributed by atoms with Gasteiger partial charge in [-0.25, -0.2) is 4.98 Å². The minimum absolute atomic E-state index is 0.698. The number of thiazole rings is 1. The molecule has 2 N–H and O–H groups in total. The van der Waals surface area contributed by atoms with Gasteiger partial charge in [-0.05, 0) is 18.9 Å². The van der Waals surface area contributed by atoms with Crippen molar-refractivity contribution >= 4 is 17.3 Å². The van der Waals surface area contributed by atoms with E-state index < -0.39 is 0 Å². The second-order valence-corrected chi connectivity index (χ2v) is 5.79. The van der Waals surface area contributed by atoms with Crippen LogP contribution in [0.4, 0.5) is 0 Å². The van der Waals surface area contributed by atoms with Crippen LogP contribution in [0.15, 0.2) is 34.6 Å². The van der Waals surface area contributed by atoms with Gasteiger partial charge >= 0.3 is 0 Å². The highest BCUT2D eigenvalue weighted by Crippen LogP contribution is 2.09. The van der Waals surface area contributed by atoms with E-state index in [0.717, 1.165) is 24.6 Å². The minimum atomic E-state index is 0.698. The minimum Gasteiger partial charge on any atom is -0.352 e. The van der Waals surface area contributed by atoms with Crippen LogP contribution in [0.3, 0.4) is 0 Å². The summed E-state index contributed by atoms with van der Waals surface area (Å²) < 4.78 is 0. The molecule has 21 heavy (non-hydrogen) atoms. The quantitative estimate of drug-likeness (QED) is 0.659. The standard InChI is InChI=1S/C16H22N4S/c1-4-15-20-14(11-21-15)10-19-16(17-3)18-9-13-7-5-12(2)6-8-13/h5-8,11H,4,9-10H2,1-3H3,(H2,17,18,19). The van der Waals surface area contributed by atoms with E-state index in [1.165, 1.54) is 16.1 Å². The average molecular weight is 302 g/mol. The molecule has 0 saturated carbocycles. The second kappa shape index (κ2) is 7.78. The van der Waals surface area contributed by atoms with Crippen molar-refractivity contribution in [2.45, 2.75) is 33.4 Å². The molecule has 0 fully saturated rings. The fraction of sp³-hybridized carbons (Fsp3) is 0.375. The fourth-order valence-electron chi connectivity index (χ4n) is 1.88. The zero-order valence-electron chi connectivity index (χ0n) is 12.8. The van der Waals surface area contributed by atoms with E-state index in [1.54, 1.807) is 18.4 Å². The third kappa shape index (κ3) is 4.86. The molecule has 2 aromatic rings. The van der Waals surface area contributed by atoms with Gasteiger partial charge in [0, 0.05) is 19.0 Å². The molecule has 1 aromatic carbocycles. The lowest BCUT2D eigenvalue weighted by Crippen LogP contribution is -2.36. The Bertz CT molecular complexity index is 587. The number of aromatic nitrogens is 1. The first kappa shape index (κ1) is 15.5. The normalized spacial score (nSPS) is 11.5. The van der Waals surface area contributed by atoms with Crippen LogP contribution in [-0.4, -0.2) is 18.0 Å². The van der Waals surface area contributed by atoms with E-state index in [4.69, 9.17) is 0 Å². The lowest BCUT2D eigenvalue weighted by atomic mass is 10.1. The van der Waals surface area contributed by atoms with Gasteiger partial charge in [-0.1, -0.05) is 36.8 Å². The van der Waals surface area contributed by atoms with Crippen molar-refractivity contribution < 1.29 is 0 Å². The average Bonchev–Trinajstić information content (AvgIpc) is 2.97. The topological polar surface area (TPSA) is 49.3 Å². The Labute approximate surface area is 130 Å². The Morgan fingerprint density at radius 3 is 2.52 bits per heavy atom. The van der Waals surface area contributed by atoms with Crippen LogP contribution >= 0.6 is 11.3 Å². The van der Waals surface area contributed by atoms with Crippen LogP contribution in [0.25, 0.3) is 0 Å². The van der Waals surface area contributed by atoms with E-state index in [0.29, 0.717) is 6.54 Å². The first-order valence-electron chi connectivity index (χ1n) is 7.14. The van der Waals surface area contributed by atoms with Crippen molar-refractivity contribution in [2.24, 2.45) is 4.99 Å². The predicted molar refractivity (Wildman–Crippen MR) is 89.7 cm³/mol. The van der Waals surface area contributed by atoms with Crippen molar-refractivity contribution in [3.8, 4) is 0 Å². The highest BCUT2D eigenvalue weighted by molar-refractivity contribution is 7.09. The Kier molecular flexibility index (Phi) is 5.75.